The molecule has 0 bridgehead atoms. The normalized spacial score (nSPS) is 23.9. The Morgan fingerprint density at radius 2 is 2.00 bits per heavy atom. The molecule has 2 nitrogen and oxygen atoms in total. The second kappa shape index (κ2) is 7.83. The molecule has 0 amide bonds. The van der Waals surface area contributed by atoms with E-state index in [1.165, 1.54) is 63.4 Å². The van der Waals surface area contributed by atoms with E-state index in [-0.39, 0.29) is 0 Å². The highest BCUT2D eigenvalue weighted by molar-refractivity contribution is 5.12. The first-order valence-electron chi connectivity index (χ1n) is 7.95. The molecule has 0 spiro atoms. The van der Waals surface area contributed by atoms with Crippen molar-refractivity contribution in [3.05, 3.63) is 11.8 Å². The van der Waals surface area contributed by atoms with Crippen molar-refractivity contribution in [3.8, 4) is 0 Å². The van der Waals surface area contributed by atoms with Crippen LogP contribution in [0, 0.1) is 5.92 Å². The maximum Gasteiger partial charge on any atom is 0.0876 e. The molecule has 1 atom stereocenters. The molecule has 0 aromatic rings. The van der Waals surface area contributed by atoms with Gasteiger partial charge in [0.25, 0.3) is 0 Å². The van der Waals surface area contributed by atoms with Crippen LogP contribution in [0.4, 0.5) is 0 Å². The van der Waals surface area contributed by atoms with Crippen molar-refractivity contribution in [1.29, 1.82) is 0 Å². The van der Waals surface area contributed by atoms with Gasteiger partial charge in [-0.1, -0.05) is 32.6 Å². The molecule has 1 N–H and O–H groups in total. The lowest BCUT2D eigenvalue weighted by atomic mass is 9.85. The van der Waals surface area contributed by atoms with Crippen LogP contribution in [0.15, 0.2) is 11.8 Å². The molecule has 0 aromatic heterocycles. The topological polar surface area (TPSA) is 21.3 Å². The molecule has 1 fully saturated rings. The van der Waals surface area contributed by atoms with E-state index in [0.717, 1.165) is 19.1 Å². The Morgan fingerprint density at radius 1 is 1.22 bits per heavy atom. The molecular formula is C16H29NO. The third-order valence-corrected chi connectivity index (χ3v) is 4.35. The molecule has 1 saturated carbocycles. The lowest BCUT2D eigenvalue weighted by Crippen LogP contribution is -2.39. The highest BCUT2D eigenvalue weighted by Gasteiger charge is 2.26. The Kier molecular flexibility index (Phi) is 6.06. The first kappa shape index (κ1) is 13.9. The molecule has 2 rings (SSSR count). The molecular weight excluding hydrogens is 222 g/mol. The molecule has 1 aliphatic heterocycles. The number of ether oxygens (including phenoxy) is 1. The Labute approximate surface area is 112 Å². The van der Waals surface area contributed by atoms with Crippen molar-refractivity contribution in [2.45, 2.75) is 70.8 Å². The van der Waals surface area contributed by atoms with Crippen molar-refractivity contribution < 1.29 is 4.74 Å². The molecule has 0 saturated heterocycles. The van der Waals surface area contributed by atoms with Gasteiger partial charge >= 0.3 is 0 Å². The van der Waals surface area contributed by atoms with E-state index in [2.05, 4.69) is 18.5 Å². The van der Waals surface area contributed by atoms with Crippen LogP contribution < -0.4 is 5.32 Å². The Morgan fingerprint density at radius 3 is 2.61 bits per heavy atom. The Balaban J connectivity index is 1.99. The first-order chi connectivity index (χ1) is 8.92. The van der Waals surface area contributed by atoms with E-state index in [0.29, 0.717) is 6.04 Å². The number of hydrogen-bond acceptors (Lipinski definition) is 2. The minimum Gasteiger partial charge on any atom is -0.501 e. The van der Waals surface area contributed by atoms with Gasteiger partial charge in [0, 0.05) is 6.04 Å². The third kappa shape index (κ3) is 4.01. The largest absolute Gasteiger partial charge is 0.501 e. The van der Waals surface area contributed by atoms with Gasteiger partial charge in [0.05, 0.1) is 12.9 Å². The fourth-order valence-corrected chi connectivity index (χ4v) is 3.36. The number of rotatable bonds is 5. The lowest BCUT2D eigenvalue weighted by molar-refractivity contribution is 0.211. The summed E-state index contributed by atoms with van der Waals surface area (Å²) in [5, 5.41) is 3.79. The standard InChI is InChI=1S/C16H29NO/c1-2-11-17-16(15-10-7-12-18-13-15)14-8-5-3-4-6-9-14/h13-14,16-17H,2-12H2,1H3. The fraction of sp³-hybridized carbons (Fsp3) is 0.875. The maximum atomic E-state index is 5.56. The van der Waals surface area contributed by atoms with Crippen molar-refractivity contribution in [3.63, 3.8) is 0 Å². The van der Waals surface area contributed by atoms with Crippen LogP contribution in [-0.4, -0.2) is 19.2 Å². The van der Waals surface area contributed by atoms with E-state index in [1.807, 2.05) is 0 Å². The van der Waals surface area contributed by atoms with Gasteiger partial charge in [-0.2, -0.15) is 0 Å². The van der Waals surface area contributed by atoms with Crippen molar-refractivity contribution in [2.75, 3.05) is 13.2 Å². The molecule has 2 heteroatoms. The highest BCUT2D eigenvalue weighted by atomic mass is 16.5. The van der Waals surface area contributed by atoms with Crippen molar-refractivity contribution in [2.24, 2.45) is 5.92 Å². The van der Waals surface area contributed by atoms with E-state index < -0.39 is 0 Å². The summed E-state index contributed by atoms with van der Waals surface area (Å²) < 4.78 is 5.56. The monoisotopic (exact) mass is 251 g/mol. The van der Waals surface area contributed by atoms with Gasteiger partial charge in [-0.3, -0.25) is 0 Å². The van der Waals surface area contributed by atoms with Crippen LogP contribution in [0.2, 0.25) is 0 Å². The van der Waals surface area contributed by atoms with E-state index >= 15 is 0 Å². The summed E-state index contributed by atoms with van der Waals surface area (Å²) in [4.78, 5) is 0. The molecule has 0 aromatic carbocycles. The van der Waals surface area contributed by atoms with Crippen LogP contribution in [0.3, 0.4) is 0 Å². The molecule has 18 heavy (non-hydrogen) atoms. The Hall–Kier alpha value is -0.500. The second-order valence-electron chi connectivity index (χ2n) is 5.85. The van der Waals surface area contributed by atoms with Crippen LogP contribution in [0.5, 0.6) is 0 Å². The van der Waals surface area contributed by atoms with Gasteiger partial charge in [0.15, 0.2) is 0 Å². The second-order valence-corrected chi connectivity index (χ2v) is 5.85. The first-order valence-corrected chi connectivity index (χ1v) is 7.95. The SMILES string of the molecule is CCCNC(C1=COCCC1)C1CCCCCC1. The van der Waals surface area contributed by atoms with Gasteiger partial charge in [0.1, 0.15) is 0 Å². The minimum atomic E-state index is 0.586. The summed E-state index contributed by atoms with van der Waals surface area (Å²) in [7, 11) is 0. The summed E-state index contributed by atoms with van der Waals surface area (Å²) in [6.07, 6.45) is 14.2. The number of hydrogen-bond donors (Lipinski definition) is 1. The molecule has 1 unspecified atom stereocenters. The maximum absolute atomic E-state index is 5.56. The van der Waals surface area contributed by atoms with E-state index in [1.54, 1.807) is 0 Å². The predicted molar refractivity (Wildman–Crippen MR) is 76.5 cm³/mol. The predicted octanol–water partition coefficient (Wildman–Crippen LogP) is 4.02. The third-order valence-electron chi connectivity index (χ3n) is 4.35. The average molecular weight is 251 g/mol. The van der Waals surface area contributed by atoms with Crippen LogP contribution in [0.1, 0.15) is 64.7 Å². The fourth-order valence-electron chi connectivity index (χ4n) is 3.36. The van der Waals surface area contributed by atoms with Crippen molar-refractivity contribution >= 4 is 0 Å². The summed E-state index contributed by atoms with van der Waals surface area (Å²) in [5.41, 5.74) is 1.53. The van der Waals surface area contributed by atoms with Crippen LogP contribution in [0.25, 0.3) is 0 Å². The zero-order valence-electron chi connectivity index (χ0n) is 11.9. The quantitative estimate of drug-likeness (QED) is 0.745. The van der Waals surface area contributed by atoms with Crippen LogP contribution >= 0.6 is 0 Å². The average Bonchev–Trinajstić information content (AvgIpc) is 2.70. The van der Waals surface area contributed by atoms with Crippen LogP contribution in [-0.2, 0) is 4.74 Å². The van der Waals surface area contributed by atoms with Gasteiger partial charge < -0.3 is 10.1 Å². The molecule has 104 valence electrons. The lowest BCUT2D eigenvalue weighted by Gasteiger charge is -2.31. The molecule has 1 heterocycles. The Bertz CT molecular complexity index is 254. The smallest absolute Gasteiger partial charge is 0.0876 e. The summed E-state index contributed by atoms with van der Waals surface area (Å²) >= 11 is 0. The summed E-state index contributed by atoms with van der Waals surface area (Å²) in [6, 6.07) is 0.586. The van der Waals surface area contributed by atoms with E-state index in [4.69, 9.17) is 4.74 Å². The van der Waals surface area contributed by atoms with Gasteiger partial charge in [-0.15, -0.1) is 0 Å². The molecule has 1 aliphatic carbocycles. The van der Waals surface area contributed by atoms with Crippen molar-refractivity contribution in [1.82, 2.24) is 5.32 Å². The summed E-state index contributed by atoms with van der Waals surface area (Å²) in [6.45, 7) is 4.30. The molecule has 2 aliphatic rings. The van der Waals surface area contributed by atoms with Gasteiger partial charge in [-0.05, 0) is 50.1 Å². The minimum absolute atomic E-state index is 0.586. The number of nitrogens with one attached hydrogen (secondary N) is 1. The summed E-state index contributed by atoms with van der Waals surface area (Å²) in [5.74, 6) is 0.840. The van der Waals surface area contributed by atoms with Gasteiger partial charge in [-0.25, -0.2) is 0 Å². The molecule has 0 radical (unpaired) electrons. The zero-order valence-corrected chi connectivity index (χ0v) is 11.9. The zero-order chi connectivity index (χ0) is 12.6. The van der Waals surface area contributed by atoms with Gasteiger partial charge in [0.2, 0.25) is 0 Å². The highest BCUT2D eigenvalue weighted by Crippen LogP contribution is 2.31. The van der Waals surface area contributed by atoms with E-state index in [9.17, 15) is 0 Å².